The fourth-order valence-corrected chi connectivity index (χ4v) is 6.16. The highest BCUT2D eigenvalue weighted by Crippen LogP contribution is 2.32. The van der Waals surface area contributed by atoms with Crippen LogP contribution < -0.4 is 20.9 Å². The van der Waals surface area contributed by atoms with Gasteiger partial charge in [0.1, 0.15) is 17.0 Å². The molecule has 0 bridgehead atoms. The van der Waals surface area contributed by atoms with Gasteiger partial charge in [-0.25, -0.2) is 18.1 Å². The first-order valence-corrected chi connectivity index (χ1v) is 14.1. The van der Waals surface area contributed by atoms with E-state index < -0.39 is 16.1 Å². The predicted molar refractivity (Wildman–Crippen MR) is 148 cm³/mol. The van der Waals surface area contributed by atoms with Crippen LogP contribution >= 0.6 is 11.3 Å². The van der Waals surface area contributed by atoms with Crippen molar-refractivity contribution in [1.82, 2.24) is 9.71 Å². The number of amides is 1. The Labute approximate surface area is 224 Å². The lowest BCUT2D eigenvalue weighted by atomic mass is 10.0. The van der Waals surface area contributed by atoms with Gasteiger partial charge in [0.2, 0.25) is 15.9 Å². The second kappa shape index (κ2) is 12.1. The summed E-state index contributed by atoms with van der Waals surface area (Å²) in [7, 11) is -3.85. The van der Waals surface area contributed by atoms with E-state index in [1.165, 1.54) is 23.5 Å². The molecule has 9 nitrogen and oxygen atoms in total. The minimum Gasteiger partial charge on any atom is -0.513 e. The first-order chi connectivity index (χ1) is 18.2. The summed E-state index contributed by atoms with van der Waals surface area (Å²) in [6, 6.07) is 20.1. The zero-order chi connectivity index (χ0) is 27.1. The van der Waals surface area contributed by atoms with Crippen LogP contribution in [0.25, 0.3) is 15.9 Å². The van der Waals surface area contributed by atoms with Crippen molar-refractivity contribution in [2.45, 2.75) is 30.2 Å². The van der Waals surface area contributed by atoms with Gasteiger partial charge in [-0.2, -0.15) is 0 Å². The highest BCUT2D eigenvalue weighted by Gasteiger charge is 2.25. The number of primary amides is 1. The molecule has 0 radical (unpaired) electrons. The number of benzene rings is 3. The summed E-state index contributed by atoms with van der Waals surface area (Å²) >= 11 is 1.37. The number of hydrogen-bond acceptors (Lipinski definition) is 8. The van der Waals surface area contributed by atoms with Crippen LogP contribution in [0.2, 0.25) is 0 Å². The summed E-state index contributed by atoms with van der Waals surface area (Å²) < 4.78 is 35.9. The van der Waals surface area contributed by atoms with Gasteiger partial charge >= 0.3 is 0 Å². The van der Waals surface area contributed by atoms with Crippen LogP contribution in [-0.2, 0) is 21.2 Å². The largest absolute Gasteiger partial charge is 0.513 e. The molecule has 38 heavy (non-hydrogen) atoms. The summed E-state index contributed by atoms with van der Waals surface area (Å²) in [6.07, 6.45) is 1.89. The van der Waals surface area contributed by atoms with E-state index in [-0.39, 0.29) is 22.9 Å². The molecule has 1 atom stereocenters. The Kier molecular flexibility index (Phi) is 8.62. The van der Waals surface area contributed by atoms with E-state index in [9.17, 15) is 18.3 Å². The van der Waals surface area contributed by atoms with Crippen LogP contribution in [0, 0.1) is 0 Å². The average Bonchev–Trinajstić information content (AvgIpc) is 3.34. The number of aliphatic hydroxyl groups excluding tert-OH is 1. The molecule has 0 fully saturated rings. The summed E-state index contributed by atoms with van der Waals surface area (Å²) in [5, 5.41) is 9.88. The fraction of sp³-hybridized carbons (Fsp3) is 0.185. The van der Waals surface area contributed by atoms with E-state index in [1.54, 1.807) is 42.5 Å². The van der Waals surface area contributed by atoms with Crippen molar-refractivity contribution in [3.05, 3.63) is 95.2 Å². The maximum absolute atomic E-state index is 13.2. The number of ether oxygens (including phenoxy) is 1. The average molecular weight is 553 g/mol. The molecule has 4 aromatic rings. The fourth-order valence-electron chi connectivity index (χ4n) is 3.82. The van der Waals surface area contributed by atoms with Gasteiger partial charge in [-0.1, -0.05) is 36.4 Å². The normalized spacial score (nSPS) is 12.9. The third-order valence-corrected chi connectivity index (χ3v) is 8.32. The van der Waals surface area contributed by atoms with Gasteiger partial charge in [0, 0.05) is 12.0 Å². The predicted octanol–water partition coefficient (Wildman–Crippen LogP) is 4.02. The van der Waals surface area contributed by atoms with E-state index in [0.29, 0.717) is 41.3 Å². The number of nitrogens with two attached hydrogens (primary N) is 2. The van der Waals surface area contributed by atoms with Crippen LogP contribution in [-0.4, -0.2) is 31.0 Å². The van der Waals surface area contributed by atoms with Crippen LogP contribution in [0.5, 0.6) is 5.75 Å². The SMILES string of the molecule is NC(=O)CCCOc1ccc2nc(C(Cc3cccc(/C(N)=C\O)c3)NS(=O)(=O)c3ccccc3)sc2c1. The van der Waals surface area contributed by atoms with Gasteiger partial charge in [-0.3, -0.25) is 4.79 Å². The molecule has 0 saturated carbocycles. The lowest BCUT2D eigenvalue weighted by Gasteiger charge is -2.17. The topological polar surface area (TPSA) is 158 Å². The number of carbonyl (C=O) groups is 1. The van der Waals surface area contributed by atoms with Crippen molar-refractivity contribution < 1.29 is 23.1 Å². The molecular weight excluding hydrogens is 524 g/mol. The lowest BCUT2D eigenvalue weighted by Crippen LogP contribution is -2.30. The first-order valence-electron chi connectivity index (χ1n) is 11.8. The van der Waals surface area contributed by atoms with Crippen LogP contribution in [0.15, 0.2) is 84.0 Å². The Hall–Kier alpha value is -3.93. The lowest BCUT2D eigenvalue weighted by molar-refractivity contribution is -0.118. The molecule has 0 aliphatic heterocycles. The molecule has 6 N–H and O–H groups in total. The Morgan fingerprint density at radius 2 is 1.87 bits per heavy atom. The number of thiazole rings is 1. The molecule has 11 heteroatoms. The third-order valence-electron chi connectivity index (χ3n) is 5.70. The smallest absolute Gasteiger partial charge is 0.241 e. The monoisotopic (exact) mass is 552 g/mol. The zero-order valence-electron chi connectivity index (χ0n) is 20.4. The number of hydrogen-bond donors (Lipinski definition) is 4. The molecule has 3 aromatic carbocycles. The van der Waals surface area contributed by atoms with Gasteiger partial charge in [-0.15, -0.1) is 11.3 Å². The summed E-state index contributed by atoms with van der Waals surface area (Å²) in [6.45, 7) is 0.349. The van der Waals surface area contributed by atoms with E-state index in [2.05, 4.69) is 4.72 Å². The number of fused-ring (bicyclic) bond motifs is 1. The minimum absolute atomic E-state index is 0.152. The van der Waals surface area contributed by atoms with Crippen LogP contribution in [0.3, 0.4) is 0 Å². The highest BCUT2D eigenvalue weighted by molar-refractivity contribution is 7.89. The van der Waals surface area contributed by atoms with Crippen molar-refractivity contribution >= 4 is 43.2 Å². The summed E-state index contributed by atoms with van der Waals surface area (Å²) in [5.41, 5.74) is 13.4. The maximum Gasteiger partial charge on any atom is 0.241 e. The van der Waals surface area contributed by atoms with Crippen LogP contribution in [0.1, 0.15) is 35.0 Å². The van der Waals surface area contributed by atoms with Gasteiger partial charge < -0.3 is 21.3 Å². The molecule has 1 amide bonds. The van der Waals surface area contributed by atoms with Crippen molar-refractivity contribution in [2.24, 2.45) is 11.5 Å². The first kappa shape index (κ1) is 27.1. The molecule has 0 aliphatic carbocycles. The van der Waals surface area contributed by atoms with Crippen LogP contribution in [0.4, 0.5) is 0 Å². The molecule has 0 aliphatic rings. The van der Waals surface area contributed by atoms with E-state index in [1.807, 2.05) is 18.2 Å². The molecule has 1 aromatic heterocycles. The van der Waals surface area contributed by atoms with Crippen molar-refractivity contribution in [3.63, 3.8) is 0 Å². The van der Waals surface area contributed by atoms with Gasteiger partial charge in [0.05, 0.1) is 33.5 Å². The van der Waals surface area contributed by atoms with Crippen molar-refractivity contribution in [2.75, 3.05) is 6.61 Å². The molecule has 1 unspecified atom stereocenters. The second-order valence-corrected chi connectivity index (χ2v) is 11.4. The summed E-state index contributed by atoms with van der Waals surface area (Å²) in [5.74, 6) is 0.248. The Morgan fingerprint density at radius 3 is 2.61 bits per heavy atom. The highest BCUT2D eigenvalue weighted by atomic mass is 32.2. The quantitative estimate of drug-likeness (QED) is 0.153. The Bertz CT molecular complexity index is 1550. The third kappa shape index (κ3) is 6.88. The standard InChI is InChI=1S/C27H28N4O5S2/c28-22(17-32)19-7-4-6-18(14-19)15-24(31-38(34,35)21-8-2-1-3-9-21)27-30-23-12-11-20(16-25(23)37-27)36-13-5-10-26(29)33/h1-4,6-9,11-12,14,16-17,24,31-32H,5,10,13,15,28H2,(H2,29,33)/b22-17+. The van der Waals surface area contributed by atoms with Crippen molar-refractivity contribution in [1.29, 1.82) is 0 Å². The van der Waals surface area contributed by atoms with Gasteiger partial charge in [0.25, 0.3) is 0 Å². The molecular formula is C27H28N4O5S2. The number of nitrogens with one attached hydrogen (secondary N) is 1. The molecule has 0 saturated heterocycles. The summed E-state index contributed by atoms with van der Waals surface area (Å²) in [4.78, 5) is 15.8. The zero-order valence-corrected chi connectivity index (χ0v) is 22.0. The molecule has 198 valence electrons. The van der Waals surface area contributed by atoms with E-state index in [0.717, 1.165) is 16.5 Å². The number of aromatic nitrogens is 1. The van der Waals surface area contributed by atoms with Gasteiger partial charge in [0.15, 0.2) is 0 Å². The van der Waals surface area contributed by atoms with Crippen molar-refractivity contribution in [3.8, 4) is 5.75 Å². The Morgan fingerprint density at radius 1 is 1.08 bits per heavy atom. The number of nitrogens with zero attached hydrogens (tertiary/aromatic N) is 1. The number of rotatable bonds is 12. The number of aliphatic hydroxyl groups is 1. The van der Waals surface area contributed by atoms with E-state index >= 15 is 0 Å². The molecule has 0 spiro atoms. The Balaban J connectivity index is 1.64. The maximum atomic E-state index is 13.2. The minimum atomic E-state index is -3.85. The molecule has 1 heterocycles. The number of sulfonamides is 1. The van der Waals surface area contributed by atoms with Gasteiger partial charge in [-0.05, 0) is 54.8 Å². The molecule has 4 rings (SSSR count). The second-order valence-electron chi connectivity index (χ2n) is 8.58. The number of carbonyl (C=O) groups excluding carboxylic acids is 1. The van der Waals surface area contributed by atoms with E-state index in [4.69, 9.17) is 21.2 Å².